The monoisotopic (exact) mass is 271 g/mol. The molecule has 20 heavy (non-hydrogen) atoms. The van der Waals surface area contributed by atoms with Gasteiger partial charge in [0.25, 0.3) is 0 Å². The minimum Gasteiger partial charge on any atom is -0.484 e. The van der Waals surface area contributed by atoms with Crippen molar-refractivity contribution in [3.05, 3.63) is 59.9 Å². The summed E-state index contributed by atoms with van der Waals surface area (Å²) in [6.07, 6.45) is 3.12. The highest BCUT2D eigenvalue weighted by Crippen LogP contribution is 2.23. The first kappa shape index (κ1) is 14.0. The molecule has 0 aliphatic carbocycles. The smallest absolute Gasteiger partial charge is 0.248 e. The minimum absolute atomic E-state index is 0.199. The molecule has 2 atom stereocenters. The number of hydrogen-bond acceptors (Lipinski definition) is 4. The van der Waals surface area contributed by atoms with E-state index in [2.05, 4.69) is 4.98 Å². The van der Waals surface area contributed by atoms with Crippen molar-refractivity contribution in [1.29, 1.82) is 0 Å². The molecule has 0 saturated carbocycles. The normalized spacial score (nSPS) is 13.5. The van der Waals surface area contributed by atoms with Gasteiger partial charge in [-0.25, -0.2) is 0 Å². The van der Waals surface area contributed by atoms with Crippen LogP contribution >= 0.6 is 0 Å². The first-order chi connectivity index (χ1) is 9.58. The molecule has 4 N–H and O–H groups in total. The van der Waals surface area contributed by atoms with Crippen LogP contribution in [0.15, 0.2) is 48.8 Å². The van der Waals surface area contributed by atoms with Crippen LogP contribution in [0.2, 0.25) is 0 Å². The molecule has 0 fully saturated rings. The van der Waals surface area contributed by atoms with Crippen molar-refractivity contribution in [2.24, 2.45) is 11.5 Å². The van der Waals surface area contributed by atoms with Crippen molar-refractivity contribution < 1.29 is 9.53 Å². The quantitative estimate of drug-likeness (QED) is 0.865. The zero-order valence-corrected chi connectivity index (χ0v) is 11.2. The number of carbonyl (C=O) groups excluding carboxylic acids is 1. The van der Waals surface area contributed by atoms with E-state index in [-0.39, 0.29) is 12.1 Å². The minimum atomic E-state index is -0.465. The van der Waals surface area contributed by atoms with Crippen LogP contribution in [0.3, 0.4) is 0 Å². The van der Waals surface area contributed by atoms with Gasteiger partial charge in [0, 0.05) is 29.6 Å². The molecule has 0 bridgehead atoms. The summed E-state index contributed by atoms with van der Waals surface area (Å²) in [5.74, 6) is 0.161. The third kappa shape index (κ3) is 3.33. The molecule has 5 heteroatoms. The fraction of sp³-hybridized carbons (Fsp3) is 0.200. The Balaban J connectivity index is 2.19. The number of nitrogens with zero attached hydrogens (tertiary/aromatic N) is 1. The topological polar surface area (TPSA) is 91.2 Å². The van der Waals surface area contributed by atoms with Gasteiger partial charge in [-0.05, 0) is 37.3 Å². The van der Waals surface area contributed by atoms with E-state index in [1.54, 1.807) is 36.7 Å². The molecule has 1 aromatic carbocycles. The summed E-state index contributed by atoms with van der Waals surface area (Å²) >= 11 is 0. The van der Waals surface area contributed by atoms with Crippen molar-refractivity contribution in [3.8, 4) is 5.75 Å². The molecule has 2 unspecified atom stereocenters. The van der Waals surface area contributed by atoms with Gasteiger partial charge >= 0.3 is 0 Å². The molecule has 0 aliphatic rings. The molecule has 1 heterocycles. The Morgan fingerprint density at radius 1 is 1.25 bits per heavy atom. The number of hydrogen-bond donors (Lipinski definition) is 2. The van der Waals surface area contributed by atoms with E-state index < -0.39 is 5.91 Å². The van der Waals surface area contributed by atoms with Crippen LogP contribution in [0.1, 0.15) is 28.9 Å². The summed E-state index contributed by atoms with van der Waals surface area (Å²) in [6, 6.07) is 10.2. The van der Waals surface area contributed by atoms with Gasteiger partial charge in [-0.1, -0.05) is 6.07 Å². The van der Waals surface area contributed by atoms with Crippen molar-refractivity contribution in [2.45, 2.75) is 19.1 Å². The van der Waals surface area contributed by atoms with E-state index in [4.69, 9.17) is 16.2 Å². The third-order valence-electron chi connectivity index (χ3n) is 2.89. The van der Waals surface area contributed by atoms with Gasteiger partial charge in [-0.3, -0.25) is 9.78 Å². The Labute approximate surface area is 117 Å². The van der Waals surface area contributed by atoms with Gasteiger partial charge in [-0.15, -0.1) is 0 Å². The van der Waals surface area contributed by atoms with Crippen LogP contribution in [-0.2, 0) is 0 Å². The molecule has 2 rings (SSSR count). The third-order valence-corrected chi connectivity index (χ3v) is 2.89. The second-order valence-electron chi connectivity index (χ2n) is 4.57. The van der Waals surface area contributed by atoms with E-state index in [1.807, 2.05) is 19.1 Å². The summed E-state index contributed by atoms with van der Waals surface area (Å²) in [4.78, 5) is 15.1. The van der Waals surface area contributed by atoms with Gasteiger partial charge in [0.15, 0.2) is 0 Å². The Hall–Kier alpha value is -2.40. The van der Waals surface area contributed by atoms with Crippen LogP contribution < -0.4 is 16.2 Å². The highest BCUT2D eigenvalue weighted by Gasteiger charge is 2.18. The van der Waals surface area contributed by atoms with Crippen LogP contribution in [0, 0.1) is 0 Å². The predicted octanol–water partition coefficient (Wildman–Crippen LogP) is 1.65. The number of benzene rings is 1. The largest absolute Gasteiger partial charge is 0.484 e. The first-order valence-electron chi connectivity index (χ1n) is 6.30. The highest BCUT2D eigenvalue weighted by molar-refractivity contribution is 5.92. The Bertz CT molecular complexity index is 567. The first-order valence-corrected chi connectivity index (χ1v) is 6.30. The summed E-state index contributed by atoms with van der Waals surface area (Å²) in [5.41, 5.74) is 12.5. The molecule has 0 radical (unpaired) electrons. The van der Waals surface area contributed by atoms with E-state index >= 15 is 0 Å². The highest BCUT2D eigenvalue weighted by atomic mass is 16.5. The lowest BCUT2D eigenvalue weighted by Gasteiger charge is -2.22. The van der Waals surface area contributed by atoms with Crippen LogP contribution in [0.25, 0.3) is 0 Å². The maximum Gasteiger partial charge on any atom is 0.248 e. The average Bonchev–Trinajstić information content (AvgIpc) is 2.46. The molecule has 1 aromatic heterocycles. The lowest BCUT2D eigenvalue weighted by Crippen LogP contribution is -2.29. The van der Waals surface area contributed by atoms with Crippen molar-refractivity contribution in [2.75, 3.05) is 0 Å². The van der Waals surface area contributed by atoms with E-state index in [0.717, 1.165) is 5.56 Å². The molecule has 0 aliphatic heterocycles. The van der Waals surface area contributed by atoms with Crippen molar-refractivity contribution in [3.63, 3.8) is 0 Å². The van der Waals surface area contributed by atoms with E-state index in [0.29, 0.717) is 11.3 Å². The number of pyridine rings is 1. The molecule has 0 saturated heterocycles. The Morgan fingerprint density at radius 2 is 1.95 bits per heavy atom. The fourth-order valence-electron chi connectivity index (χ4n) is 1.87. The van der Waals surface area contributed by atoms with Gasteiger partial charge in [0.05, 0.1) is 0 Å². The number of ether oxygens (including phenoxy) is 1. The molecular weight excluding hydrogens is 254 g/mol. The number of aromatic nitrogens is 1. The number of carbonyl (C=O) groups is 1. The summed E-state index contributed by atoms with van der Waals surface area (Å²) in [6.45, 7) is 1.87. The van der Waals surface area contributed by atoms with Gasteiger partial charge < -0.3 is 16.2 Å². The molecule has 1 amide bonds. The van der Waals surface area contributed by atoms with Crippen LogP contribution in [0.4, 0.5) is 0 Å². The standard InChI is InChI=1S/C15H17N3O2/c1-10(16)14(12-3-2-8-18-9-12)20-13-6-4-11(5-7-13)15(17)19/h2-10,14H,16H2,1H3,(H2,17,19). The average molecular weight is 271 g/mol. The number of amides is 1. The van der Waals surface area contributed by atoms with Crippen LogP contribution in [-0.4, -0.2) is 16.9 Å². The number of rotatable bonds is 5. The lowest BCUT2D eigenvalue weighted by molar-refractivity contribution is 0.1000. The zero-order valence-electron chi connectivity index (χ0n) is 11.2. The zero-order chi connectivity index (χ0) is 14.5. The SMILES string of the molecule is CC(N)C(Oc1ccc(C(N)=O)cc1)c1cccnc1. The van der Waals surface area contributed by atoms with Crippen molar-refractivity contribution in [1.82, 2.24) is 4.98 Å². The second kappa shape index (κ2) is 6.16. The maximum absolute atomic E-state index is 11.0. The molecule has 5 nitrogen and oxygen atoms in total. The summed E-state index contributed by atoms with van der Waals surface area (Å²) in [5, 5.41) is 0. The molecular formula is C15H17N3O2. The Kier molecular flexibility index (Phi) is 4.32. The predicted molar refractivity (Wildman–Crippen MR) is 76.2 cm³/mol. The second-order valence-corrected chi connectivity index (χ2v) is 4.57. The summed E-state index contributed by atoms with van der Waals surface area (Å²) < 4.78 is 5.88. The van der Waals surface area contributed by atoms with E-state index in [9.17, 15) is 4.79 Å². The van der Waals surface area contributed by atoms with Crippen LogP contribution in [0.5, 0.6) is 5.75 Å². The van der Waals surface area contributed by atoms with E-state index in [1.165, 1.54) is 0 Å². The molecule has 2 aromatic rings. The molecule has 0 spiro atoms. The number of nitrogens with two attached hydrogens (primary N) is 2. The number of primary amides is 1. The van der Waals surface area contributed by atoms with Gasteiger partial charge in [-0.2, -0.15) is 0 Å². The fourth-order valence-corrected chi connectivity index (χ4v) is 1.87. The Morgan fingerprint density at radius 3 is 2.45 bits per heavy atom. The van der Waals surface area contributed by atoms with Gasteiger partial charge in [0.2, 0.25) is 5.91 Å². The summed E-state index contributed by atoms with van der Waals surface area (Å²) in [7, 11) is 0. The lowest BCUT2D eigenvalue weighted by atomic mass is 10.1. The maximum atomic E-state index is 11.0. The van der Waals surface area contributed by atoms with Gasteiger partial charge in [0.1, 0.15) is 11.9 Å². The molecule has 104 valence electrons. The van der Waals surface area contributed by atoms with Crippen molar-refractivity contribution >= 4 is 5.91 Å².